The Kier molecular flexibility index (Phi) is 6.53. The summed E-state index contributed by atoms with van der Waals surface area (Å²) in [6.07, 6.45) is 2.40. The number of esters is 1. The molecule has 4 rings (SSSR count). The summed E-state index contributed by atoms with van der Waals surface area (Å²) in [5, 5.41) is 6.88. The molecule has 2 aliphatic rings. The molecule has 1 fully saturated rings. The van der Waals surface area contributed by atoms with Crippen LogP contribution in [-0.2, 0) is 29.5 Å². The standard InChI is InChI=1S/C22H29N5O4/c1-3-30-22(29)18-13-23-25(2)21(18)24-20(28)15-27-9-7-26(8-10-27)14-16-4-5-19-17(12-16)6-11-31-19/h4-5,12-13H,3,6-11,14-15H2,1-2H3,(H,24,28). The lowest BCUT2D eigenvalue weighted by Gasteiger charge is -2.34. The van der Waals surface area contributed by atoms with E-state index in [1.807, 2.05) is 0 Å². The first-order valence-electron chi connectivity index (χ1n) is 10.7. The summed E-state index contributed by atoms with van der Waals surface area (Å²) in [5.74, 6) is 0.723. The summed E-state index contributed by atoms with van der Waals surface area (Å²) < 4.78 is 12.1. The number of nitrogens with zero attached hydrogens (tertiary/aromatic N) is 4. The molecule has 0 unspecified atom stereocenters. The Balaban J connectivity index is 1.26. The molecule has 1 saturated heterocycles. The molecular formula is C22H29N5O4. The van der Waals surface area contributed by atoms with Gasteiger partial charge in [-0.1, -0.05) is 12.1 Å². The first-order chi connectivity index (χ1) is 15.0. The SMILES string of the molecule is CCOC(=O)c1cnn(C)c1NC(=O)CN1CCN(Cc2ccc3c(c2)CCO3)CC1. The quantitative estimate of drug-likeness (QED) is 0.666. The smallest absolute Gasteiger partial charge is 0.343 e. The molecule has 0 aliphatic carbocycles. The normalized spacial score (nSPS) is 16.6. The highest BCUT2D eigenvalue weighted by Gasteiger charge is 2.23. The summed E-state index contributed by atoms with van der Waals surface area (Å²) in [4.78, 5) is 29.2. The van der Waals surface area contributed by atoms with Gasteiger partial charge in [-0.2, -0.15) is 5.10 Å². The number of hydrogen-bond acceptors (Lipinski definition) is 7. The fourth-order valence-corrected chi connectivity index (χ4v) is 4.02. The molecule has 2 aliphatic heterocycles. The fraction of sp³-hybridized carbons (Fsp3) is 0.500. The maximum atomic E-state index is 12.6. The monoisotopic (exact) mass is 427 g/mol. The van der Waals surface area contributed by atoms with Crippen LogP contribution in [0.25, 0.3) is 0 Å². The number of rotatable bonds is 7. The van der Waals surface area contributed by atoms with Gasteiger partial charge in [0.25, 0.3) is 0 Å². The van der Waals surface area contributed by atoms with Gasteiger partial charge >= 0.3 is 5.97 Å². The summed E-state index contributed by atoms with van der Waals surface area (Å²) in [5.41, 5.74) is 2.87. The highest BCUT2D eigenvalue weighted by molar-refractivity contribution is 6.00. The van der Waals surface area contributed by atoms with E-state index in [0.717, 1.165) is 51.5 Å². The number of anilines is 1. The number of aromatic nitrogens is 2. The minimum absolute atomic E-state index is 0.166. The molecule has 3 heterocycles. The average molecular weight is 428 g/mol. The van der Waals surface area contributed by atoms with Crippen molar-refractivity contribution in [2.45, 2.75) is 19.9 Å². The van der Waals surface area contributed by atoms with Crippen molar-refractivity contribution >= 4 is 17.7 Å². The van der Waals surface area contributed by atoms with Crippen LogP contribution in [0.15, 0.2) is 24.4 Å². The number of aryl methyl sites for hydroxylation is 1. The molecule has 166 valence electrons. The third-order valence-electron chi connectivity index (χ3n) is 5.68. The largest absolute Gasteiger partial charge is 0.493 e. The zero-order valence-electron chi connectivity index (χ0n) is 18.1. The first kappa shape index (κ1) is 21.3. The molecular weight excluding hydrogens is 398 g/mol. The van der Waals surface area contributed by atoms with E-state index in [2.05, 4.69) is 38.4 Å². The minimum Gasteiger partial charge on any atom is -0.493 e. The minimum atomic E-state index is -0.488. The average Bonchev–Trinajstić information content (AvgIpc) is 3.36. The lowest BCUT2D eigenvalue weighted by Crippen LogP contribution is -2.48. The number of piperazine rings is 1. The van der Waals surface area contributed by atoms with Gasteiger partial charge in [0, 0.05) is 46.2 Å². The van der Waals surface area contributed by atoms with Crippen molar-refractivity contribution in [3.8, 4) is 5.75 Å². The molecule has 1 aromatic carbocycles. The van der Waals surface area contributed by atoms with Crippen LogP contribution in [0.5, 0.6) is 5.75 Å². The van der Waals surface area contributed by atoms with Crippen molar-refractivity contribution in [1.82, 2.24) is 19.6 Å². The predicted octanol–water partition coefficient (Wildman–Crippen LogP) is 1.29. The molecule has 0 spiro atoms. The number of fused-ring (bicyclic) bond motifs is 1. The van der Waals surface area contributed by atoms with Crippen LogP contribution in [0.3, 0.4) is 0 Å². The number of carbonyl (C=O) groups is 2. The molecule has 31 heavy (non-hydrogen) atoms. The van der Waals surface area contributed by atoms with E-state index in [1.54, 1.807) is 14.0 Å². The molecule has 1 N–H and O–H groups in total. The highest BCUT2D eigenvalue weighted by atomic mass is 16.5. The van der Waals surface area contributed by atoms with E-state index in [4.69, 9.17) is 9.47 Å². The Labute approximate surface area is 181 Å². The van der Waals surface area contributed by atoms with Crippen LogP contribution in [0.2, 0.25) is 0 Å². The van der Waals surface area contributed by atoms with Crippen molar-refractivity contribution in [2.75, 3.05) is 51.3 Å². The Bertz CT molecular complexity index is 949. The van der Waals surface area contributed by atoms with Crippen LogP contribution >= 0.6 is 0 Å². The van der Waals surface area contributed by atoms with E-state index < -0.39 is 5.97 Å². The number of hydrogen-bond donors (Lipinski definition) is 1. The van der Waals surface area contributed by atoms with Crippen molar-refractivity contribution in [3.05, 3.63) is 41.1 Å². The molecule has 9 heteroatoms. The summed E-state index contributed by atoms with van der Waals surface area (Å²) >= 11 is 0. The topological polar surface area (TPSA) is 88.9 Å². The maximum absolute atomic E-state index is 12.6. The number of amides is 1. The van der Waals surface area contributed by atoms with Crippen molar-refractivity contribution in [1.29, 1.82) is 0 Å². The molecule has 0 atom stereocenters. The second-order valence-corrected chi connectivity index (χ2v) is 7.89. The molecule has 1 amide bonds. The molecule has 0 bridgehead atoms. The Hall–Kier alpha value is -2.91. The predicted molar refractivity (Wildman–Crippen MR) is 115 cm³/mol. The number of benzene rings is 1. The third kappa shape index (κ3) is 5.05. The van der Waals surface area contributed by atoms with Gasteiger partial charge in [-0.05, 0) is 24.1 Å². The number of carbonyl (C=O) groups excluding carboxylic acids is 2. The van der Waals surface area contributed by atoms with Gasteiger partial charge < -0.3 is 14.8 Å². The van der Waals surface area contributed by atoms with Crippen molar-refractivity contribution in [3.63, 3.8) is 0 Å². The summed E-state index contributed by atoms with van der Waals surface area (Å²) in [6.45, 7) is 7.41. The van der Waals surface area contributed by atoms with Crippen LogP contribution in [-0.4, -0.2) is 77.4 Å². The molecule has 0 saturated carbocycles. The second kappa shape index (κ2) is 9.49. The Morgan fingerprint density at radius 3 is 2.74 bits per heavy atom. The zero-order chi connectivity index (χ0) is 21.8. The highest BCUT2D eigenvalue weighted by Crippen LogP contribution is 2.26. The number of ether oxygens (including phenoxy) is 2. The van der Waals surface area contributed by atoms with Gasteiger partial charge in [-0.3, -0.25) is 19.3 Å². The maximum Gasteiger partial charge on any atom is 0.343 e. The molecule has 1 aromatic heterocycles. The van der Waals surface area contributed by atoms with Gasteiger partial charge in [0.2, 0.25) is 5.91 Å². The second-order valence-electron chi connectivity index (χ2n) is 7.89. The first-order valence-corrected chi connectivity index (χ1v) is 10.7. The third-order valence-corrected chi connectivity index (χ3v) is 5.68. The van der Waals surface area contributed by atoms with Gasteiger partial charge in [0.15, 0.2) is 0 Å². The van der Waals surface area contributed by atoms with Crippen molar-refractivity contribution < 1.29 is 19.1 Å². The number of nitrogens with one attached hydrogen (secondary N) is 1. The Morgan fingerprint density at radius 2 is 1.97 bits per heavy atom. The van der Waals surface area contributed by atoms with E-state index in [0.29, 0.717) is 5.82 Å². The summed E-state index contributed by atoms with van der Waals surface area (Å²) in [7, 11) is 1.68. The molecule has 0 radical (unpaired) electrons. The lowest BCUT2D eigenvalue weighted by atomic mass is 10.1. The van der Waals surface area contributed by atoms with E-state index >= 15 is 0 Å². The van der Waals surface area contributed by atoms with Crippen molar-refractivity contribution in [2.24, 2.45) is 7.05 Å². The zero-order valence-corrected chi connectivity index (χ0v) is 18.1. The van der Waals surface area contributed by atoms with Gasteiger partial charge in [-0.25, -0.2) is 4.79 Å². The van der Waals surface area contributed by atoms with Crippen LogP contribution < -0.4 is 10.1 Å². The molecule has 2 aromatic rings. The van der Waals surface area contributed by atoms with Gasteiger partial charge in [-0.15, -0.1) is 0 Å². The van der Waals surface area contributed by atoms with E-state index in [9.17, 15) is 9.59 Å². The Morgan fingerprint density at radius 1 is 1.19 bits per heavy atom. The fourth-order valence-electron chi connectivity index (χ4n) is 4.02. The van der Waals surface area contributed by atoms with E-state index in [-0.39, 0.29) is 24.6 Å². The van der Waals surface area contributed by atoms with Crippen LogP contribution in [0.4, 0.5) is 5.82 Å². The van der Waals surface area contributed by atoms with E-state index in [1.165, 1.54) is 22.0 Å². The van der Waals surface area contributed by atoms with Crippen LogP contribution in [0.1, 0.15) is 28.4 Å². The lowest BCUT2D eigenvalue weighted by molar-refractivity contribution is -0.117. The summed E-state index contributed by atoms with van der Waals surface area (Å²) in [6, 6.07) is 6.46. The van der Waals surface area contributed by atoms with Gasteiger partial charge in [0.05, 0.1) is 26.0 Å². The molecule has 9 nitrogen and oxygen atoms in total. The van der Waals surface area contributed by atoms with Crippen LogP contribution in [0, 0.1) is 0 Å². The van der Waals surface area contributed by atoms with Gasteiger partial charge in [0.1, 0.15) is 17.1 Å².